The minimum atomic E-state index is -0.995. The van der Waals surface area contributed by atoms with Crippen molar-refractivity contribution in [3.63, 3.8) is 0 Å². The standard InChI is InChI=1S/C7H5BrO2.C7H5ClO2/c2*8-6-4-2-1-3-5(6)7(9)10/h2*1-4H,(H,9,10). The number of hydrogen-bond acceptors (Lipinski definition) is 2. The molecule has 0 heterocycles. The summed E-state index contributed by atoms with van der Waals surface area (Å²) in [7, 11) is 0. The quantitative estimate of drug-likeness (QED) is 0.845. The summed E-state index contributed by atoms with van der Waals surface area (Å²) < 4.78 is 0.613. The molecule has 0 spiro atoms. The van der Waals surface area contributed by atoms with Crippen LogP contribution in [0.5, 0.6) is 0 Å². The lowest BCUT2D eigenvalue weighted by Crippen LogP contribution is -1.95. The molecule has 0 fully saturated rings. The number of hydrogen-bond donors (Lipinski definition) is 2. The Labute approximate surface area is 128 Å². The Kier molecular flexibility index (Phi) is 6.21. The van der Waals surface area contributed by atoms with Gasteiger partial charge in [-0.2, -0.15) is 0 Å². The van der Waals surface area contributed by atoms with Crippen LogP contribution >= 0.6 is 27.5 Å². The Hall–Kier alpha value is -1.85. The molecule has 0 aliphatic rings. The fraction of sp³-hybridized carbons (Fsp3) is 0. The average molecular weight is 358 g/mol. The van der Waals surface area contributed by atoms with E-state index in [2.05, 4.69) is 15.9 Å². The molecule has 2 N–H and O–H groups in total. The van der Waals surface area contributed by atoms with Gasteiger partial charge in [0.05, 0.1) is 16.1 Å². The Morgan fingerprint density at radius 3 is 1.65 bits per heavy atom. The second kappa shape index (κ2) is 7.67. The molecule has 2 rings (SSSR count). The number of carbonyl (C=O) groups is 2. The Morgan fingerprint density at radius 2 is 1.30 bits per heavy atom. The molecule has 0 unspecified atom stereocenters. The normalized spacial score (nSPS) is 9.30. The highest BCUT2D eigenvalue weighted by Gasteiger charge is 2.05. The van der Waals surface area contributed by atoms with Gasteiger partial charge in [-0.3, -0.25) is 0 Å². The van der Waals surface area contributed by atoms with E-state index in [-0.39, 0.29) is 10.6 Å². The van der Waals surface area contributed by atoms with Crippen LogP contribution in [-0.4, -0.2) is 22.2 Å². The molecule has 0 radical (unpaired) electrons. The second-order valence-electron chi connectivity index (χ2n) is 3.57. The monoisotopic (exact) mass is 356 g/mol. The fourth-order valence-corrected chi connectivity index (χ4v) is 1.94. The number of carboxylic acids is 2. The maximum absolute atomic E-state index is 10.4. The van der Waals surface area contributed by atoms with Crippen LogP contribution in [0, 0.1) is 0 Å². The summed E-state index contributed by atoms with van der Waals surface area (Å²) in [6, 6.07) is 13.0. The molecule has 2 aromatic rings. The van der Waals surface area contributed by atoms with Crippen LogP contribution in [0.2, 0.25) is 5.02 Å². The van der Waals surface area contributed by atoms with E-state index in [9.17, 15) is 9.59 Å². The van der Waals surface area contributed by atoms with Crippen LogP contribution in [0.25, 0.3) is 0 Å². The van der Waals surface area contributed by atoms with E-state index in [4.69, 9.17) is 21.8 Å². The molecule has 20 heavy (non-hydrogen) atoms. The number of halogens is 2. The van der Waals surface area contributed by atoms with E-state index in [0.29, 0.717) is 10.0 Å². The van der Waals surface area contributed by atoms with Gasteiger partial charge in [0.2, 0.25) is 0 Å². The maximum Gasteiger partial charge on any atom is 0.337 e. The third kappa shape index (κ3) is 4.68. The SMILES string of the molecule is O=C(O)c1ccccc1Br.O=C(O)c1ccccc1Cl. The topological polar surface area (TPSA) is 74.6 Å². The highest BCUT2D eigenvalue weighted by molar-refractivity contribution is 9.10. The van der Waals surface area contributed by atoms with Gasteiger partial charge in [-0.05, 0) is 40.2 Å². The largest absolute Gasteiger partial charge is 0.478 e. The number of rotatable bonds is 2. The molecule has 4 nitrogen and oxygen atoms in total. The van der Waals surface area contributed by atoms with Gasteiger partial charge >= 0.3 is 11.9 Å². The van der Waals surface area contributed by atoms with E-state index < -0.39 is 11.9 Å². The first-order chi connectivity index (χ1) is 9.43. The Bertz CT molecular complexity index is 573. The van der Waals surface area contributed by atoms with Gasteiger partial charge < -0.3 is 10.2 Å². The van der Waals surface area contributed by atoms with E-state index in [1.807, 2.05) is 0 Å². The van der Waals surface area contributed by atoms with Gasteiger partial charge in [-0.25, -0.2) is 9.59 Å². The molecular formula is C14H10BrClO4. The van der Waals surface area contributed by atoms with Crippen LogP contribution in [0.4, 0.5) is 0 Å². The van der Waals surface area contributed by atoms with Crippen LogP contribution in [-0.2, 0) is 0 Å². The van der Waals surface area contributed by atoms with E-state index in [1.54, 1.807) is 42.5 Å². The third-order valence-corrected chi connectivity index (χ3v) is 3.23. The minimum absolute atomic E-state index is 0.143. The lowest BCUT2D eigenvalue weighted by atomic mass is 10.2. The zero-order chi connectivity index (χ0) is 15.1. The van der Waals surface area contributed by atoms with E-state index in [0.717, 1.165) is 0 Å². The molecule has 2 aromatic carbocycles. The van der Waals surface area contributed by atoms with E-state index >= 15 is 0 Å². The lowest BCUT2D eigenvalue weighted by molar-refractivity contribution is 0.0685. The van der Waals surface area contributed by atoms with Crippen molar-refractivity contribution in [2.45, 2.75) is 0 Å². The first kappa shape index (κ1) is 16.2. The zero-order valence-electron chi connectivity index (χ0n) is 10.1. The molecule has 0 saturated carbocycles. The first-order valence-electron chi connectivity index (χ1n) is 5.39. The van der Waals surface area contributed by atoms with Crippen LogP contribution < -0.4 is 0 Å². The smallest absolute Gasteiger partial charge is 0.337 e. The van der Waals surface area contributed by atoms with Crippen molar-refractivity contribution >= 4 is 39.5 Å². The van der Waals surface area contributed by atoms with Crippen molar-refractivity contribution in [3.8, 4) is 0 Å². The highest BCUT2D eigenvalue weighted by atomic mass is 79.9. The average Bonchev–Trinajstić information content (AvgIpc) is 2.40. The van der Waals surface area contributed by atoms with Crippen LogP contribution in [0.1, 0.15) is 20.7 Å². The summed E-state index contributed by atoms with van der Waals surface area (Å²) in [6.45, 7) is 0. The summed E-state index contributed by atoms with van der Waals surface area (Å²) >= 11 is 8.65. The van der Waals surface area contributed by atoms with Crippen molar-refractivity contribution in [3.05, 3.63) is 69.2 Å². The third-order valence-electron chi connectivity index (χ3n) is 2.21. The number of benzene rings is 2. The molecule has 0 aromatic heterocycles. The molecule has 0 aliphatic heterocycles. The summed E-state index contributed by atoms with van der Waals surface area (Å²) in [6.07, 6.45) is 0. The zero-order valence-corrected chi connectivity index (χ0v) is 12.4. The molecule has 0 atom stereocenters. The number of aromatic carboxylic acids is 2. The minimum Gasteiger partial charge on any atom is -0.478 e. The van der Waals surface area contributed by atoms with Gasteiger partial charge in [0, 0.05) is 4.47 Å². The maximum atomic E-state index is 10.4. The number of carboxylic acid groups (broad SMARTS) is 2. The summed E-state index contributed by atoms with van der Waals surface area (Å²) in [5.41, 5.74) is 0.437. The first-order valence-corrected chi connectivity index (χ1v) is 6.56. The Morgan fingerprint density at radius 1 is 0.850 bits per heavy atom. The predicted molar refractivity (Wildman–Crippen MR) is 79.5 cm³/mol. The molecule has 0 saturated heterocycles. The van der Waals surface area contributed by atoms with Crippen molar-refractivity contribution in [1.82, 2.24) is 0 Å². The van der Waals surface area contributed by atoms with Gasteiger partial charge in [-0.15, -0.1) is 0 Å². The summed E-state index contributed by atoms with van der Waals surface area (Å²) in [5.74, 6) is -1.90. The molecule has 6 heteroatoms. The van der Waals surface area contributed by atoms with Gasteiger partial charge in [0.15, 0.2) is 0 Å². The summed E-state index contributed by atoms with van der Waals surface area (Å²) in [5, 5.41) is 17.3. The van der Waals surface area contributed by atoms with E-state index in [1.165, 1.54) is 6.07 Å². The van der Waals surface area contributed by atoms with Crippen molar-refractivity contribution in [1.29, 1.82) is 0 Å². The predicted octanol–water partition coefficient (Wildman–Crippen LogP) is 4.19. The molecule has 104 valence electrons. The van der Waals surface area contributed by atoms with Gasteiger partial charge in [-0.1, -0.05) is 35.9 Å². The van der Waals surface area contributed by atoms with Crippen molar-refractivity contribution in [2.24, 2.45) is 0 Å². The van der Waals surface area contributed by atoms with Gasteiger partial charge in [0.25, 0.3) is 0 Å². The van der Waals surface area contributed by atoms with Crippen LogP contribution in [0.3, 0.4) is 0 Å². The highest BCUT2D eigenvalue weighted by Crippen LogP contribution is 2.15. The molecule has 0 aliphatic carbocycles. The fourth-order valence-electron chi connectivity index (χ4n) is 1.27. The van der Waals surface area contributed by atoms with Crippen LogP contribution in [0.15, 0.2) is 53.0 Å². The molecular weight excluding hydrogens is 348 g/mol. The van der Waals surface area contributed by atoms with Gasteiger partial charge in [0.1, 0.15) is 0 Å². The van der Waals surface area contributed by atoms with Crippen molar-refractivity contribution < 1.29 is 19.8 Å². The Balaban J connectivity index is 0.000000200. The molecule has 0 amide bonds. The second-order valence-corrected chi connectivity index (χ2v) is 4.83. The van der Waals surface area contributed by atoms with Crippen molar-refractivity contribution in [2.75, 3.05) is 0 Å². The molecule has 0 bridgehead atoms. The summed E-state index contributed by atoms with van der Waals surface area (Å²) in [4.78, 5) is 20.7. The lowest BCUT2D eigenvalue weighted by Gasteiger charge is -1.94.